The lowest BCUT2D eigenvalue weighted by molar-refractivity contribution is 0.0733. The van der Waals surface area contributed by atoms with Crippen molar-refractivity contribution in [3.05, 3.63) is 59.3 Å². The summed E-state index contributed by atoms with van der Waals surface area (Å²) in [6.45, 7) is 1.43. The molecule has 4 nitrogen and oxygen atoms in total. The van der Waals surface area contributed by atoms with Gasteiger partial charge in [-0.15, -0.1) is 0 Å². The predicted molar refractivity (Wildman–Crippen MR) is 95.5 cm³/mol. The molecule has 2 aromatic rings. The molecule has 1 atom stereocenters. The van der Waals surface area contributed by atoms with Crippen LogP contribution in [0.15, 0.2) is 42.6 Å². The molecule has 124 valence electrons. The minimum Gasteiger partial charge on any atom is -0.473 e. The van der Waals surface area contributed by atoms with Gasteiger partial charge in [0.25, 0.3) is 5.91 Å². The lowest BCUT2D eigenvalue weighted by Crippen LogP contribution is -2.36. The van der Waals surface area contributed by atoms with Gasteiger partial charge < -0.3 is 9.64 Å². The number of fused-ring (bicyclic) bond motifs is 1. The molecule has 0 unspecified atom stereocenters. The molecule has 3 heterocycles. The first-order valence-electron chi connectivity index (χ1n) is 8.36. The third-order valence-electron chi connectivity index (χ3n) is 4.57. The maximum absolute atomic E-state index is 12.8. The highest BCUT2D eigenvalue weighted by Crippen LogP contribution is 2.24. The van der Waals surface area contributed by atoms with E-state index in [0.717, 1.165) is 30.9 Å². The standard InChI is InChI=1S/C19H20N2O2S/c22-19(21-9-6-14-3-1-2-4-16(14)12-21)15-5-8-20-18(11-15)23-17-7-10-24-13-17/h1-5,8,11,17H,6-7,9-10,12-13H2/t17-/m0/s1. The molecule has 5 heteroatoms. The molecule has 2 aliphatic rings. The number of nitrogens with zero attached hydrogens (tertiary/aromatic N) is 2. The van der Waals surface area contributed by atoms with Crippen LogP contribution in [0.1, 0.15) is 27.9 Å². The number of thioether (sulfide) groups is 1. The number of carbonyl (C=O) groups is 1. The first-order valence-corrected chi connectivity index (χ1v) is 9.51. The second kappa shape index (κ2) is 6.85. The first kappa shape index (κ1) is 15.5. The minimum atomic E-state index is 0.0533. The van der Waals surface area contributed by atoms with E-state index in [4.69, 9.17) is 4.74 Å². The smallest absolute Gasteiger partial charge is 0.254 e. The van der Waals surface area contributed by atoms with Gasteiger partial charge in [-0.2, -0.15) is 11.8 Å². The van der Waals surface area contributed by atoms with Gasteiger partial charge in [0.2, 0.25) is 5.88 Å². The van der Waals surface area contributed by atoms with Crippen molar-refractivity contribution in [2.75, 3.05) is 18.1 Å². The summed E-state index contributed by atoms with van der Waals surface area (Å²) in [6, 6.07) is 11.9. The number of carbonyl (C=O) groups excluding carboxylic acids is 1. The molecule has 4 rings (SSSR count). The summed E-state index contributed by atoms with van der Waals surface area (Å²) in [6.07, 6.45) is 3.85. The Labute approximate surface area is 146 Å². The van der Waals surface area contributed by atoms with Crippen molar-refractivity contribution in [2.24, 2.45) is 0 Å². The van der Waals surface area contributed by atoms with Crippen LogP contribution in [0.2, 0.25) is 0 Å². The second-order valence-electron chi connectivity index (χ2n) is 6.23. The molecular weight excluding hydrogens is 320 g/mol. The summed E-state index contributed by atoms with van der Waals surface area (Å²) in [5.74, 6) is 2.75. The maximum atomic E-state index is 12.8. The maximum Gasteiger partial charge on any atom is 0.254 e. The van der Waals surface area contributed by atoms with Crippen molar-refractivity contribution in [3.63, 3.8) is 0 Å². The highest BCUT2D eigenvalue weighted by molar-refractivity contribution is 7.99. The van der Waals surface area contributed by atoms with Crippen molar-refractivity contribution in [1.29, 1.82) is 0 Å². The number of hydrogen-bond donors (Lipinski definition) is 0. The second-order valence-corrected chi connectivity index (χ2v) is 7.38. The Morgan fingerprint density at radius 1 is 1.25 bits per heavy atom. The summed E-state index contributed by atoms with van der Waals surface area (Å²) in [4.78, 5) is 19.0. The van der Waals surface area contributed by atoms with E-state index in [2.05, 4.69) is 23.2 Å². The summed E-state index contributed by atoms with van der Waals surface area (Å²) in [5, 5.41) is 0. The lowest BCUT2D eigenvalue weighted by Gasteiger charge is -2.29. The van der Waals surface area contributed by atoms with Crippen molar-refractivity contribution < 1.29 is 9.53 Å². The molecule has 24 heavy (non-hydrogen) atoms. The molecule has 1 saturated heterocycles. The van der Waals surface area contributed by atoms with Gasteiger partial charge in [-0.25, -0.2) is 4.98 Å². The van der Waals surface area contributed by atoms with Crippen LogP contribution in [0.3, 0.4) is 0 Å². The molecular formula is C19H20N2O2S. The van der Waals surface area contributed by atoms with Crippen molar-refractivity contribution in [3.8, 4) is 5.88 Å². The predicted octanol–water partition coefficient (Wildman–Crippen LogP) is 3.16. The largest absolute Gasteiger partial charge is 0.473 e. The molecule has 0 saturated carbocycles. The van der Waals surface area contributed by atoms with Gasteiger partial charge in [0.05, 0.1) is 0 Å². The Kier molecular flexibility index (Phi) is 4.43. The lowest BCUT2D eigenvalue weighted by atomic mass is 9.99. The van der Waals surface area contributed by atoms with Gasteiger partial charge >= 0.3 is 0 Å². The molecule has 1 aromatic heterocycles. The minimum absolute atomic E-state index is 0.0533. The van der Waals surface area contributed by atoms with E-state index < -0.39 is 0 Å². The quantitative estimate of drug-likeness (QED) is 0.861. The fourth-order valence-electron chi connectivity index (χ4n) is 3.24. The van der Waals surface area contributed by atoms with E-state index in [1.165, 1.54) is 11.1 Å². The third-order valence-corrected chi connectivity index (χ3v) is 5.71. The summed E-state index contributed by atoms with van der Waals surface area (Å²) in [5.41, 5.74) is 3.25. The van der Waals surface area contributed by atoms with E-state index in [9.17, 15) is 4.79 Å². The van der Waals surface area contributed by atoms with Crippen LogP contribution < -0.4 is 4.74 Å². The van der Waals surface area contributed by atoms with Crippen molar-refractivity contribution in [2.45, 2.75) is 25.5 Å². The molecule has 0 spiro atoms. The fourth-order valence-corrected chi connectivity index (χ4v) is 4.33. The Morgan fingerprint density at radius 3 is 2.96 bits per heavy atom. The zero-order chi connectivity index (χ0) is 16.4. The molecule has 0 N–H and O–H groups in total. The molecule has 2 aliphatic heterocycles. The van der Waals surface area contributed by atoms with Crippen LogP contribution in [-0.2, 0) is 13.0 Å². The zero-order valence-corrected chi connectivity index (χ0v) is 14.3. The van der Waals surface area contributed by atoms with Gasteiger partial charge in [0.1, 0.15) is 6.10 Å². The fraction of sp³-hybridized carbons (Fsp3) is 0.368. The van der Waals surface area contributed by atoms with Gasteiger partial charge in [-0.05, 0) is 35.8 Å². The number of ether oxygens (including phenoxy) is 1. The summed E-state index contributed by atoms with van der Waals surface area (Å²) >= 11 is 1.90. The molecule has 0 bridgehead atoms. The third kappa shape index (κ3) is 3.26. The normalized spacial score (nSPS) is 19.8. The van der Waals surface area contributed by atoms with E-state index in [1.807, 2.05) is 22.7 Å². The van der Waals surface area contributed by atoms with Gasteiger partial charge in [0.15, 0.2) is 0 Å². The van der Waals surface area contributed by atoms with Gasteiger partial charge in [-0.1, -0.05) is 24.3 Å². The van der Waals surface area contributed by atoms with E-state index >= 15 is 0 Å². The SMILES string of the molecule is O=C(c1ccnc(O[C@H]2CCSC2)c1)N1CCc2ccccc2C1. The van der Waals surface area contributed by atoms with Crippen LogP contribution >= 0.6 is 11.8 Å². The van der Waals surface area contributed by atoms with Gasteiger partial charge in [0, 0.05) is 36.7 Å². The van der Waals surface area contributed by atoms with E-state index in [1.54, 1.807) is 18.3 Å². The Bertz CT molecular complexity index is 744. The van der Waals surface area contributed by atoms with Crippen LogP contribution in [0.4, 0.5) is 0 Å². The number of hydrogen-bond acceptors (Lipinski definition) is 4. The molecule has 1 amide bonds. The monoisotopic (exact) mass is 340 g/mol. The molecule has 1 aromatic carbocycles. The Balaban J connectivity index is 1.48. The average Bonchev–Trinajstić information content (AvgIpc) is 3.14. The summed E-state index contributed by atoms with van der Waals surface area (Å²) < 4.78 is 5.91. The number of pyridine rings is 1. The van der Waals surface area contributed by atoms with E-state index in [-0.39, 0.29) is 12.0 Å². The molecule has 0 radical (unpaired) electrons. The number of amides is 1. The Morgan fingerprint density at radius 2 is 2.12 bits per heavy atom. The highest BCUT2D eigenvalue weighted by Gasteiger charge is 2.23. The Hall–Kier alpha value is -2.01. The number of aromatic nitrogens is 1. The summed E-state index contributed by atoms with van der Waals surface area (Å²) in [7, 11) is 0. The topological polar surface area (TPSA) is 42.4 Å². The van der Waals surface area contributed by atoms with Gasteiger partial charge in [-0.3, -0.25) is 4.79 Å². The number of benzene rings is 1. The first-order chi connectivity index (χ1) is 11.8. The molecule has 1 fully saturated rings. The van der Waals surface area contributed by atoms with E-state index in [0.29, 0.717) is 18.0 Å². The van der Waals surface area contributed by atoms with Crippen LogP contribution in [-0.4, -0.2) is 39.9 Å². The zero-order valence-electron chi connectivity index (χ0n) is 13.5. The van der Waals surface area contributed by atoms with Crippen LogP contribution in [0.25, 0.3) is 0 Å². The van der Waals surface area contributed by atoms with Crippen molar-refractivity contribution in [1.82, 2.24) is 9.88 Å². The number of rotatable bonds is 3. The molecule has 0 aliphatic carbocycles. The van der Waals surface area contributed by atoms with Crippen LogP contribution in [0, 0.1) is 0 Å². The highest BCUT2D eigenvalue weighted by atomic mass is 32.2. The average molecular weight is 340 g/mol. The van der Waals surface area contributed by atoms with Crippen LogP contribution in [0.5, 0.6) is 5.88 Å². The van der Waals surface area contributed by atoms with Crippen molar-refractivity contribution >= 4 is 17.7 Å².